The van der Waals surface area contributed by atoms with Crippen molar-refractivity contribution in [2.45, 2.75) is 11.8 Å². The van der Waals surface area contributed by atoms with Gasteiger partial charge in [0.15, 0.2) is 0 Å². The Kier molecular flexibility index (Phi) is 2.60. The Labute approximate surface area is 69.2 Å². The second-order valence-corrected chi connectivity index (χ2v) is 3.05. The number of hydrogen-bond acceptors (Lipinski definition) is 2. The number of aryl methyl sites for hydroxylation is 1. The Morgan fingerprint density at radius 3 is 2.70 bits per heavy atom. The zero-order valence-electron chi connectivity index (χ0n) is 5.47. The average Bonchev–Trinajstić information content (AvgIpc) is 1.94. The van der Waals surface area contributed by atoms with Gasteiger partial charge in [0.1, 0.15) is 0 Å². The first-order chi connectivity index (χ1) is 4.74. The summed E-state index contributed by atoms with van der Waals surface area (Å²) in [6, 6.07) is 5.52. The normalized spacial score (nSPS) is 9.90. The third kappa shape index (κ3) is 1.66. The molecule has 1 rings (SSSR count). The van der Waals surface area contributed by atoms with E-state index in [1.54, 1.807) is 6.07 Å². The highest BCUT2D eigenvalue weighted by Crippen LogP contribution is 2.25. The molecule has 0 atom stereocenters. The summed E-state index contributed by atoms with van der Waals surface area (Å²) in [7, 11) is 0. The van der Waals surface area contributed by atoms with Gasteiger partial charge in [-0.1, -0.05) is 17.7 Å². The third-order valence-corrected chi connectivity index (χ3v) is 2.16. The van der Waals surface area contributed by atoms with Gasteiger partial charge in [-0.05, 0) is 24.6 Å². The van der Waals surface area contributed by atoms with Crippen LogP contribution >= 0.6 is 23.6 Å². The van der Waals surface area contributed by atoms with E-state index in [1.807, 2.05) is 19.1 Å². The van der Waals surface area contributed by atoms with Crippen LogP contribution in [0, 0.1) is 6.92 Å². The van der Waals surface area contributed by atoms with Crippen LogP contribution in [0.2, 0.25) is 5.02 Å². The molecule has 0 radical (unpaired) electrons. The molecule has 0 bridgehead atoms. The summed E-state index contributed by atoms with van der Waals surface area (Å²) in [6.45, 7) is 1.95. The maximum absolute atomic E-state index is 8.68. The molecule has 0 unspecified atom stereocenters. The van der Waals surface area contributed by atoms with Gasteiger partial charge in [0.2, 0.25) is 0 Å². The monoisotopic (exact) mass is 174 g/mol. The molecule has 0 spiro atoms. The zero-order chi connectivity index (χ0) is 7.56. The van der Waals surface area contributed by atoms with Crippen molar-refractivity contribution in [2.75, 3.05) is 0 Å². The summed E-state index contributed by atoms with van der Waals surface area (Å²) in [5.74, 6) is 0. The van der Waals surface area contributed by atoms with Gasteiger partial charge in [-0.3, -0.25) is 0 Å². The van der Waals surface area contributed by atoms with Crippen LogP contribution in [0.1, 0.15) is 5.56 Å². The Morgan fingerprint density at radius 2 is 2.20 bits per heavy atom. The maximum Gasteiger partial charge on any atom is 0.0565 e. The average molecular weight is 175 g/mol. The van der Waals surface area contributed by atoms with E-state index in [0.717, 1.165) is 5.56 Å². The van der Waals surface area contributed by atoms with Crippen molar-refractivity contribution in [1.82, 2.24) is 0 Å². The van der Waals surface area contributed by atoms with E-state index in [1.165, 1.54) is 0 Å². The minimum absolute atomic E-state index is 0.595. The van der Waals surface area contributed by atoms with Gasteiger partial charge in [0.05, 0.1) is 9.92 Å². The number of halogens is 1. The number of benzene rings is 1. The fourth-order valence-electron chi connectivity index (χ4n) is 0.681. The van der Waals surface area contributed by atoms with Gasteiger partial charge in [-0.2, -0.15) is 0 Å². The fourth-order valence-corrected chi connectivity index (χ4v) is 1.30. The molecule has 3 heteroatoms. The molecule has 10 heavy (non-hydrogen) atoms. The molecule has 0 saturated carbocycles. The van der Waals surface area contributed by atoms with Crippen molar-refractivity contribution in [3.05, 3.63) is 28.8 Å². The van der Waals surface area contributed by atoms with E-state index < -0.39 is 0 Å². The molecule has 0 fully saturated rings. The summed E-state index contributed by atoms with van der Waals surface area (Å²) >= 11 is 6.39. The number of hydrogen-bond donors (Lipinski definition) is 1. The maximum atomic E-state index is 8.68. The lowest BCUT2D eigenvalue weighted by Gasteiger charge is -1.98. The van der Waals surface area contributed by atoms with Crippen molar-refractivity contribution in [3.8, 4) is 0 Å². The predicted molar refractivity (Wildman–Crippen MR) is 44.7 cm³/mol. The minimum Gasteiger partial charge on any atom is -0.325 e. The van der Waals surface area contributed by atoms with Crippen molar-refractivity contribution in [2.24, 2.45) is 0 Å². The molecule has 0 aliphatic carbocycles. The van der Waals surface area contributed by atoms with Crippen molar-refractivity contribution in [3.63, 3.8) is 0 Å². The second-order valence-electron chi connectivity index (χ2n) is 2.03. The van der Waals surface area contributed by atoms with Crippen LogP contribution in [0.3, 0.4) is 0 Å². The molecular formula is C7H7ClOS. The standard InChI is InChI=1S/C7H7ClOS/c1-5-2-3-6(8)7(4-5)10-9/h2-4,9H,1H3. The first kappa shape index (κ1) is 7.92. The predicted octanol–water partition coefficient (Wildman–Crippen LogP) is 3.21. The Bertz CT molecular complexity index is 237. The van der Waals surface area contributed by atoms with Crippen LogP contribution in [0.25, 0.3) is 0 Å². The zero-order valence-corrected chi connectivity index (χ0v) is 7.04. The molecule has 1 N–H and O–H groups in total. The van der Waals surface area contributed by atoms with Crippen LogP contribution in [-0.4, -0.2) is 4.55 Å². The highest BCUT2D eigenvalue weighted by Gasteiger charge is 1.97. The first-order valence-electron chi connectivity index (χ1n) is 2.81. The molecule has 0 saturated heterocycles. The summed E-state index contributed by atoms with van der Waals surface area (Å²) in [4.78, 5) is 0.710. The van der Waals surface area contributed by atoms with Gasteiger partial charge in [-0.25, -0.2) is 0 Å². The quantitative estimate of drug-likeness (QED) is 0.660. The van der Waals surface area contributed by atoms with Crippen LogP contribution in [-0.2, 0) is 0 Å². The topological polar surface area (TPSA) is 20.2 Å². The molecule has 0 aliphatic rings. The highest BCUT2D eigenvalue weighted by atomic mass is 35.5. The van der Waals surface area contributed by atoms with Crippen LogP contribution in [0.4, 0.5) is 0 Å². The molecule has 0 amide bonds. The first-order valence-corrected chi connectivity index (χ1v) is 3.97. The molecule has 1 aromatic carbocycles. The van der Waals surface area contributed by atoms with E-state index in [-0.39, 0.29) is 0 Å². The smallest absolute Gasteiger partial charge is 0.0565 e. The van der Waals surface area contributed by atoms with Crippen molar-refractivity contribution < 1.29 is 4.55 Å². The van der Waals surface area contributed by atoms with Gasteiger partial charge >= 0.3 is 0 Å². The van der Waals surface area contributed by atoms with Gasteiger partial charge < -0.3 is 4.55 Å². The summed E-state index contributed by atoms with van der Waals surface area (Å²) in [5, 5.41) is 0.595. The summed E-state index contributed by atoms with van der Waals surface area (Å²) < 4.78 is 8.68. The molecule has 0 aromatic heterocycles. The van der Waals surface area contributed by atoms with Crippen LogP contribution in [0.15, 0.2) is 23.1 Å². The van der Waals surface area contributed by atoms with Gasteiger partial charge in [-0.15, -0.1) is 0 Å². The molecule has 54 valence electrons. The fraction of sp³-hybridized carbons (Fsp3) is 0.143. The van der Waals surface area contributed by atoms with E-state index >= 15 is 0 Å². The Balaban J connectivity index is 3.09. The minimum atomic E-state index is 0.595. The van der Waals surface area contributed by atoms with E-state index in [0.29, 0.717) is 22.0 Å². The van der Waals surface area contributed by atoms with Gasteiger partial charge in [0, 0.05) is 12.0 Å². The summed E-state index contributed by atoms with van der Waals surface area (Å²) in [6.07, 6.45) is 0. The third-order valence-electron chi connectivity index (χ3n) is 1.19. The lowest BCUT2D eigenvalue weighted by Crippen LogP contribution is -1.75. The SMILES string of the molecule is Cc1ccc(Cl)c(SO)c1. The lowest BCUT2D eigenvalue weighted by atomic mass is 10.2. The molecule has 0 aliphatic heterocycles. The van der Waals surface area contributed by atoms with Gasteiger partial charge in [0.25, 0.3) is 0 Å². The lowest BCUT2D eigenvalue weighted by molar-refractivity contribution is 0.664. The highest BCUT2D eigenvalue weighted by molar-refractivity contribution is 7.93. The Morgan fingerprint density at radius 1 is 1.50 bits per heavy atom. The number of rotatable bonds is 1. The molecule has 0 heterocycles. The summed E-state index contributed by atoms with van der Waals surface area (Å²) in [5.41, 5.74) is 1.10. The molecular weight excluding hydrogens is 168 g/mol. The second kappa shape index (κ2) is 3.28. The van der Waals surface area contributed by atoms with Crippen LogP contribution < -0.4 is 0 Å². The van der Waals surface area contributed by atoms with Crippen molar-refractivity contribution in [1.29, 1.82) is 0 Å². The van der Waals surface area contributed by atoms with E-state index in [4.69, 9.17) is 16.2 Å². The van der Waals surface area contributed by atoms with E-state index in [2.05, 4.69) is 0 Å². The van der Waals surface area contributed by atoms with Crippen molar-refractivity contribution >= 4 is 23.6 Å². The molecule has 1 aromatic rings. The molecule has 1 nitrogen and oxygen atoms in total. The van der Waals surface area contributed by atoms with E-state index in [9.17, 15) is 0 Å². The Hall–Kier alpha value is -0.180. The van der Waals surface area contributed by atoms with Crippen LogP contribution in [0.5, 0.6) is 0 Å². The largest absolute Gasteiger partial charge is 0.325 e.